The summed E-state index contributed by atoms with van der Waals surface area (Å²) in [5.74, 6) is 0.421. The average molecular weight is 455 g/mol. The van der Waals surface area contributed by atoms with E-state index in [0.717, 1.165) is 0 Å². The van der Waals surface area contributed by atoms with Crippen LogP contribution in [0.25, 0.3) is 5.13 Å². The molecule has 2 aromatic heterocycles. The maximum atomic E-state index is 12.9. The summed E-state index contributed by atoms with van der Waals surface area (Å²) in [7, 11) is 1.68. The lowest BCUT2D eigenvalue weighted by molar-refractivity contribution is 0.0937. The van der Waals surface area contributed by atoms with Crippen molar-refractivity contribution >= 4 is 34.8 Å². The highest BCUT2D eigenvalue weighted by molar-refractivity contribution is 7.14. The molecule has 0 aliphatic rings. The normalized spacial score (nSPS) is 12.0. The van der Waals surface area contributed by atoms with Crippen LogP contribution in [0.4, 0.5) is 5.95 Å². The van der Waals surface area contributed by atoms with Gasteiger partial charge in [-0.1, -0.05) is 22.9 Å². The lowest BCUT2D eigenvalue weighted by Crippen LogP contribution is -2.29. The van der Waals surface area contributed by atoms with E-state index < -0.39 is 11.5 Å². The number of nitrogens with one attached hydrogen (secondary N) is 2. The number of nitrogens with zero attached hydrogens (tertiary/aromatic N) is 6. The minimum absolute atomic E-state index is 0.332. The predicted octanol–water partition coefficient (Wildman–Crippen LogP) is 3.58. The third-order valence-electron chi connectivity index (χ3n) is 4.54. The van der Waals surface area contributed by atoms with Crippen LogP contribution < -0.4 is 10.6 Å². The van der Waals surface area contributed by atoms with Gasteiger partial charge in [-0.2, -0.15) is 20.2 Å². The topological polar surface area (TPSA) is 132 Å². The molecular weight excluding hydrogens is 436 g/mol. The molecule has 11 heteroatoms. The molecule has 158 valence electrons. The van der Waals surface area contributed by atoms with Gasteiger partial charge in [0.1, 0.15) is 10.9 Å². The highest BCUT2D eigenvalue weighted by Crippen LogP contribution is 2.27. The summed E-state index contributed by atoms with van der Waals surface area (Å²) >= 11 is 7.36. The molecule has 2 heterocycles. The number of hydrogen-bond acceptors (Lipinski definition) is 8. The van der Waals surface area contributed by atoms with Crippen LogP contribution in [-0.4, -0.2) is 32.7 Å². The van der Waals surface area contributed by atoms with Crippen LogP contribution in [0.2, 0.25) is 5.02 Å². The Labute approximate surface area is 188 Å². The van der Waals surface area contributed by atoms with Crippen LogP contribution in [-0.2, 0) is 5.41 Å². The molecular formula is C20H19ClN8OS. The molecule has 0 unspecified atom stereocenters. The molecule has 0 bridgehead atoms. The summed E-state index contributed by atoms with van der Waals surface area (Å²) < 4.78 is 1.49. The van der Waals surface area contributed by atoms with Crippen molar-refractivity contribution in [1.29, 1.82) is 10.5 Å². The van der Waals surface area contributed by atoms with E-state index >= 15 is 0 Å². The SMILES string of the molecule is CNc1nc([C@H](C)NC(=O)c2cc(Cl)cc(C(C)(C)C#N)c2)n(-c2ncc(C#N)s2)n1. The van der Waals surface area contributed by atoms with Gasteiger partial charge < -0.3 is 10.6 Å². The van der Waals surface area contributed by atoms with Crippen LogP contribution >= 0.6 is 22.9 Å². The molecule has 3 aromatic rings. The van der Waals surface area contributed by atoms with Gasteiger partial charge in [0.25, 0.3) is 5.91 Å². The second-order valence-electron chi connectivity index (χ2n) is 7.23. The third-order valence-corrected chi connectivity index (χ3v) is 5.63. The van der Waals surface area contributed by atoms with Gasteiger partial charge in [-0.3, -0.25) is 4.79 Å². The summed E-state index contributed by atoms with van der Waals surface area (Å²) in [6, 6.07) is 8.59. The molecule has 31 heavy (non-hydrogen) atoms. The molecule has 0 spiro atoms. The van der Waals surface area contributed by atoms with E-state index in [1.54, 1.807) is 46.0 Å². The van der Waals surface area contributed by atoms with Crippen molar-refractivity contribution in [1.82, 2.24) is 25.1 Å². The Morgan fingerprint density at radius 3 is 2.68 bits per heavy atom. The second-order valence-corrected chi connectivity index (χ2v) is 8.68. The highest BCUT2D eigenvalue weighted by Gasteiger charge is 2.24. The molecule has 0 fully saturated rings. The van der Waals surface area contributed by atoms with Crippen LogP contribution in [0.1, 0.15) is 53.4 Å². The highest BCUT2D eigenvalue weighted by atomic mass is 35.5. The Morgan fingerprint density at radius 1 is 1.32 bits per heavy atom. The predicted molar refractivity (Wildman–Crippen MR) is 117 cm³/mol. The third kappa shape index (κ3) is 4.66. The number of hydrogen-bond donors (Lipinski definition) is 2. The van der Waals surface area contributed by atoms with Crippen molar-refractivity contribution in [3.05, 3.63) is 51.2 Å². The fourth-order valence-corrected chi connectivity index (χ4v) is 3.67. The van der Waals surface area contributed by atoms with Gasteiger partial charge >= 0.3 is 0 Å². The number of aromatic nitrogens is 4. The first kappa shape index (κ1) is 22.2. The molecule has 1 amide bonds. The number of carbonyl (C=O) groups excluding carboxylic acids is 1. The number of thiazole rings is 1. The number of anilines is 1. The summed E-state index contributed by atoms with van der Waals surface area (Å²) in [4.78, 5) is 22.0. The standard InChI is InChI=1S/C20H19ClN8OS/c1-11(16-27-18(24-4)28-29(16)19-25-9-15(8-22)31-19)26-17(30)12-5-13(7-14(21)6-12)20(2,3)10-23/h5-7,9,11H,1-4H3,(H,24,28)(H,26,30)/t11-/m0/s1. The van der Waals surface area contributed by atoms with E-state index in [9.17, 15) is 10.1 Å². The van der Waals surface area contributed by atoms with E-state index in [4.69, 9.17) is 16.9 Å². The fourth-order valence-electron chi connectivity index (χ4n) is 2.76. The summed E-state index contributed by atoms with van der Waals surface area (Å²) in [5, 5.41) is 29.4. The van der Waals surface area contributed by atoms with E-state index in [1.807, 2.05) is 6.07 Å². The van der Waals surface area contributed by atoms with Crippen molar-refractivity contribution in [3.63, 3.8) is 0 Å². The Hall–Kier alpha value is -3.47. The van der Waals surface area contributed by atoms with Gasteiger partial charge in [-0.05, 0) is 44.5 Å². The Bertz CT molecular complexity index is 1220. The molecule has 1 aromatic carbocycles. The van der Waals surface area contributed by atoms with Crippen molar-refractivity contribution in [2.75, 3.05) is 12.4 Å². The Kier molecular flexibility index (Phi) is 6.25. The van der Waals surface area contributed by atoms with Gasteiger partial charge in [0.15, 0.2) is 5.82 Å². The van der Waals surface area contributed by atoms with Crippen molar-refractivity contribution < 1.29 is 4.79 Å². The van der Waals surface area contributed by atoms with Crippen molar-refractivity contribution in [3.8, 4) is 17.3 Å². The van der Waals surface area contributed by atoms with Crippen LogP contribution in [0.3, 0.4) is 0 Å². The molecule has 2 N–H and O–H groups in total. The first-order valence-corrected chi connectivity index (χ1v) is 10.4. The summed E-state index contributed by atoms with van der Waals surface area (Å²) in [6.45, 7) is 5.28. The van der Waals surface area contributed by atoms with E-state index in [0.29, 0.717) is 37.9 Å². The van der Waals surface area contributed by atoms with Gasteiger partial charge in [-0.25, -0.2) is 4.98 Å². The largest absolute Gasteiger partial charge is 0.356 e. The van der Waals surface area contributed by atoms with Crippen LogP contribution in [0, 0.1) is 22.7 Å². The molecule has 0 aliphatic heterocycles. The number of carbonyl (C=O) groups is 1. The van der Waals surface area contributed by atoms with Crippen LogP contribution in [0.5, 0.6) is 0 Å². The number of nitriles is 2. The zero-order chi connectivity index (χ0) is 22.8. The minimum Gasteiger partial charge on any atom is -0.356 e. The maximum Gasteiger partial charge on any atom is 0.251 e. The monoisotopic (exact) mass is 454 g/mol. The molecule has 0 saturated carbocycles. The Balaban J connectivity index is 1.91. The number of benzene rings is 1. The first-order chi connectivity index (χ1) is 14.7. The maximum absolute atomic E-state index is 12.9. The smallest absolute Gasteiger partial charge is 0.251 e. The molecule has 1 atom stereocenters. The van der Waals surface area contributed by atoms with Crippen molar-refractivity contribution in [2.24, 2.45) is 0 Å². The quantitative estimate of drug-likeness (QED) is 0.581. The summed E-state index contributed by atoms with van der Waals surface area (Å²) in [6.07, 6.45) is 1.46. The van der Waals surface area contributed by atoms with Gasteiger partial charge in [0.05, 0.1) is 23.7 Å². The molecule has 0 aliphatic carbocycles. The number of amides is 1. The van der Waals surface area contributed by atoms with E-state index in [1.165, 1.54) is 22.2 Å². The lowest BCUT2D eigenvalue weighted by atomic mass is 9.85. The fraction of sp³-hybridized carbons (Fsp3) is 0.300. The molecule has 9 nitrogen and oxygen atoms in total. The van der Waals surface area contributed by atoms with E-state index in [-0.39, 0.29) is 5.91 Å². The molecule has 3 rings (SSSR count). The van der Waals surface area contributed by atoms with Gasteiger partial charge in [-0.15, -0.1) is 5.10 Å². The van der Waals surface area contributed by atoms with E-state index in [2.05, 4.69) is 31.8 Å². The minimum atomic E-state index is -0.795. The first-order valence-electron chi connectivity index (χ1n) is 9.22. The zero-order valence-corrected chi connectivity index (χ0v) is 18.8. The molecule has 0 radical (unpaired) electrons. The van der Waals surface area contributed by atoms with Crippen molar-refractivity contribution in [2.45, 2.75) is 32.2 Å². The summed E-state index contributed by atoms with van der Waals surface area (Å²) in [5.41, 5.74) is 0.183. The number of rotatable bonds is 6. The van der Waals surface area contributed by atoms with Crippen LogP contribution in [0.15, 0.2) is 24.4 Å². The average Bonchev–Trinajstić information content (AvgIpc) is 3.39. The molecule has 0 saturated heterocycles. The second kappa shape index (κ2) is 8.72. The lowest BCUT2D eigenvalue weighted by Gasteiger charge is -2.18. The Morgan fingerprint density at radius 2 is 2.06 bits per heavy atom. The van der Waals surface area contributed by atoms with Gasteiger partial charge in [0, 0.05) is 17.6 Å². The number of halogens is 1. The zero-order valence-electron chi connectivity index (χ0n) is 17.3. The van der Waals surface area contributed by atoms with Gasteiger partial charge in [0.2, 0.25) is 11.1 Å².